The monoisotopic (exact) mass is 245 g/mol. The summed E-state index contributed by atoms with van der Waals surface area (Å²) in [6.45, 7) is 1.50. The Morgan fingerprint density at radius 3 is 2.35 bits per heavy atom. The van der Waals surface area contributed by atoms with Crippen molar-refractivity contribution in [2.45, 2.75) is 19.4 Å². The number of hydrogen-bond donors (Lipinski definition) is 1. The third-order valence-corrected chi connectivity index (χ3v) is 2.49. The summed E-state index contributed by atoms with van der Waals surface area (Å²) >= 11 is 0. The lowest BCUT2D eigenvalue weighted by atomic mass is 10.1. The Labute approximate surface area is 99.7 Å². The van der Waals surface area contributed by atoms with Gasteiger partial charge in [0.25, 0.3) is 6.43 Å². The largest absolute Gasteiger partial charge is 0.493 e. The van der Waals surface area contributed by atoms with Crippen LogP contribution in [0, 0.1) is 0 Å². The second kappa shape index (κ2) is 6.39. The lowest BCUT2D eigenvalue weighted by molar-refractivity contribution is 0.142. The van der Waals surface area contributed by atoms with Gasteiger partial charge in [-0.25, -0.2) is 8.78 Å². The fraction of sp³-hybridized carbons (Fsp3) is 0.500. The van der Waals surface area contributed by atoms with Crippen LogP contribution in [0.5, 0.6) is 11.5 Å². The summed E-state index contributed by atoms with van der Waals surface area (Å²) in [7, 11) is 3.09. The SMILES string of the molecule is COc1ccc(C(C)NCC(F)F)cc1OC. The Morgan fingerprint density at radius 2 is 1.82 bits per heavy atom. The third-order valence-electron chi connectivity index (χ3n) is 2.49. The molecule has 1 unspecified atom stereocenters. The van der Waals surface area contributed by atoms with Crippen LogP contribution >= 0.6 is 0 Å². The number of halogens is 2. The second-order valence-electron chi connectivity index (χ2n) is 3.64. The summed E-state index contributed by atoms with van der Waals surface area (Å²) in [4.78, 5) is 0. The van der Waals surface area contributed by atoms with E-state index in [9.17, 15) is 8.78 Å². The molecule has 5 heteroatoms. The molecular weight excluding hydrogens is 228 g/mol. The highest BCUT2D eigenvalue weighted by molar-refractivity contribution is 5.43. The van der Waals surface area contributed by atoms with Crippen molar-refractivity contribution < 1.29 is 18.3 Å². The molecule has 0 saturated heterocycles. The zero-order chi connectivity index (χ0) is 12.8. The zero-order valence-electron chi connectivity index (χ0n) is 10.2. The van der Waals surface area contributed by atoms with Crippen molar-refractivity contribution >= 4 is 0 Å². The smallest absolute Gasteiger partial charge is 0.250 e. The van der Waals surface area contributed by atoms with Crippen molar-refractivity contribution in [3.05, 3.63) is 23.8 Å². The minimum Gasteiger partial charge on any atom is -0.493 e. The molecule has 1 N–H and O–H groups in total. The molecule has 1 aromatic carbocycles. The first-order chi connectivity index (χ1) is 8.08. The van der Waals surface area contributed by atoms with Crippen LogP contribution in [-0.2, 0) is 0 Å². The minimum atomic E-state index is -2.35. The van der Waals surface area contributed by atoms with Crippen LogP contribution in [0.25, 0.3) is 0 Å². The number of hydrogen-bond acceptors (Lipinski definition) is 3. The maximum Gasteiger partial charge on any atom is 0.250 e. The van der Waals surface area contributed by atoms with Gasteiger partial charge in [0.15, 0.2) is 11.5 Å². The van der Waals surface area contributed by atoms with Crippen LogP contribution in [0.3, 0.4) is 0 Å². The van der Waals surface area contributed by atoms with E-state index >= 15 is 0 Å². The highest BCUT2D eigenvalue weighted by Gasteiger charge is 2.11. The Balaban J connectivity index is 2.77. The van der Waals surface area contributed by atoms with Crippen LogP contribution in [0.4, 0.5) is 8.78 Å². The normalized spacial score (nSPS) is 12.6. The van der Waals surface area contributed by atoms with Gasteiger partial charge in [-0.1, -0.05) is 6.07 Å². The lowest BCUT2D eigenvalue weighted by Crippen LogP contribution is -2.24. The van der Waals surface area contributed by atoms with Crippen molar-refractivity contribution in [3.63, 3.8) is 0 Å². The number of alkyl halides is 2. The Hall–Kier alpha value is -1.36. The van der Waals surface area contributed by atoms with Crippen LogP contribution in [-0.4, -0.2) is 27.2 Å². The lowest BCUT2D eigenvalue weighted by Gasteiger charge is -2.16. The topological polar surface area (TPSA) is 30.5 Å². The molecule has 0 bridgehead atoms. The molecule has 0 fully saturated rings. The van der Waals surface area contributed by atoms with E-state index < -0.39 is 6.43 Å². The molecule has 0 aliphatic carbocycles. The molecule has 0 aromatic heterocycles. The number of rotatable bonds is 6. The highest BCUT2D eigenvalue weighted by Crippen LogP contribution is 2.29. The quantitative estimate of drug-likeness (QED) is 0.835. The average molecular weight is 245 g/mol. The maximum absolute atomic E-state index is 12.1. The van der Waals surface area contributed by atoms with Gasteiger partial charge in [-0.3, -0.25) is 0 Å². The first kappa shape index (κ1) is 13.7. The van der Waals surface area contributed by atoms with Gasteiger partial charge < -0.3 is 14.8 Å². The van der Waals surface area contributed by atoms with E-state index in [-0.39, 0.29) is 12.6 Å². The van der Waals surface area contributed by atoms with Crippen molar-refractivity contribution in [3.8, 4) is 11.5 Å². The molecule has 0 saturated carbocycles. The average Bonchev–Trinajstić information content (AvgIpc) is 2.34. The zero-order valence-corrected chi connectivity index (χ0v) is 10.2. The maximum atomic E-state index is 12.1. The molecule has 0 aliphatic rings. The van der Waals surface area contributed by atoms with Crippen molar-refractivity contribution in [2.75, 3.05) is 20.8 Å². The van der Waals surface area contributed by atoms with Gasteiger partial charge in [-0.05, 0) is 24.6 Å². The van der Waals surface area contributed by atoms with E-state index in [0.29, 0.717) is 11.5 Å². The molecule has 17 heavy (non-hydrogen) atoms. The molecule has 1 atom stereocenters. The number of benzene rings is 1. The van der Waals surface area contributed by atoms with Crippen LogP contribution < -0.4 is 14.8 Å². The van der Waals surface area contributed by atoms with Crippen molar-refractivity contribution in [2.24, 2.45) is 0 Å². The number of ether oxygens (including phenoxy) is 2. The molecule has 1 rings (SSSR count). The standard InChI is InChI=1S/C12H17F2NO2/c1-8(15-7-12(13)14)9-4-5-10(16-2)11(6-9)17-3/h4-6,8,12,15H,7H2,1-3H3. The molecule has 0 amide bonds. The van der Waals surface area contributed by atoms with E-state index in [1.54, 1.807) is 26.4 Å². The predicted molar refractivity (Wildman–Crippen MR) is 62.0 cm³/mol. The molecule has 1 aromatic rings. The molecule has 0 heterocycles. The van der Waals surface area contributed by atoms with E-state index in [1.165, 1.54) is 0 Å². The second-order valence-corrected chi connectivity index (χ2v) is 3.64. The fourth-order valence-corrected chi connectivity index (χ4v) is 1.51. The van der Waals surface area contributed by atoms with Gasteiger partial charge in [-0.2, -0.15) is 0 Å². The van der Waals surface area contributed by atoms with E-state index in [0.717, 1.165) is 5.56 Å². The first-order valence-corrected chi connectivity index (χ1v) is 5.32. The Bertz CT molecular complexity index is 358. The Morgan fingerprint density at radius 1 is 1.18 bits per heavy atom. The van der Waals surface area contributed by atoms with Crippen LogP contribution in [0.15, 0.2) is 18.2 Å². The van der Waals surface area contributed by atoms with Gasteiger partial charge in [0.2, 0.25) is 0 Å². The van der Waals surface area contributed by atoms with Gasteiger partial charge in [0, 0.05) is 6.04 Å². The molecule has 96 valence electrons. The first-order valence-electron chi connectivity index (χ1n) is 5.32. The van der Waals surface area contributed by atoms with Crippen LogP contribution in [0.1, 0.15) is 18.5 Å². The number of methoxy groups -OCH3 is 2. The van der Waals surface area contributed by atoms with E-state index in [1.807, 2.05) is 13.0 Å². The third kappa shape index (κ3) is 3.85. The highest BCUT2D eigenvalue weighted by atomic mass is 19.3. The van der Waals surface area contributed by atoms with E-state index in [2.05, 4.69) is 5.32 Å². The van der Waals surface area contributed by atoms with E-state index in [4.69, 9.17) is 9.47 Å². The summed E-state index contributed by atoms with van der Waals surface area (Å²) in [6.07, 6.45) is -2.35. The molecule has 3 nitrogen and oxygen atoms in total. The van der Waals surface area contributed by atoms with Gasteiger partial charge in [-0.15, -0.1) is 0 Å². The Kier molecular flexibility index (Phi) is 5.15. The van der Waals surface area contributed by atoms with Crippen molar-refractivity contribution in [1.29, 1.82) is 0 Å². The summed E-state index contributed by atoms with van der Waals surface area (Å²) in [6, 6.07) is 5.20. The van der Waals surface area contributed by atoms with Crippen molar-refractivity contribution in [1.82, 2.24) is 5.32 Å². The van der Waals surface area contributed by atoms with Gasteiger partial charge in [0.05, 0.1) is 20.8 Å². The summed E-state index contributed by atoms with van der Waals surface area (Å²) in [5, 5.41) is 2.74. The number of nitrogens with one attached hydrogen (secondary N) is 1. The molecule has 0 radical (unpaired) electrons. The predicted octanol–water partition coefficient (Wildman–Crippen LogP) is 2.62. The summed E-state index contributed by atoms with van der Waals surface area (Å²) < 4.78 is 34.4. The molecule has 0 spiro atoms. The molecule has 0 aliphatic heterocycles. The minimum absolute atomic E-state index is 0.163. The fourth-order valence-electron chi connectivity index (χ4n) is 1.51. The summed E-state index contributed by atoms with van der Waals surface area (Å²) in [5.41, 5.74) is 0.878. The van der Waals surface area contributed by atoms with Gasteiger partial charge >= 0.3 is 0 Å². The van der Waals surface area contributed by atoms with Crippen LogP contribution in [0.2, 0.25) is 0 Å². The van der Waals surface area contributed by atoms with Gasteiger partial charge in [0.1, 0.15) is 0 Å². The molecular formula is C12H17F2NO2. The summed E-state index contributed by atoms with van der Waals surface area (Å²) in [5.74, 6) is 1.22.